The first-order chi connectivity index (χ1) is 9.27. The largest absolute Gasteiger partial charge is 0.487 e. The maximum atomic E-state index is 11.0. The van der Waals surface area contributed by atoms with Crippen molar-refractivity contribution in [2.24, 2.45) is 5.41 Å². The lowest BCUT2D eigenvalue weighted by molar-refractivity contribution is -0.385. The van der Waals surface area contributed by atoms with E-state index >= 15 is 0 Å². The van der Waals surface area contributed by atoms with Crippen LogP contribution in [0.4, 0.5) is 5.69 Å². The van der Waals surface area contributed by atoms with Crippen LogP contribution < -0.4 is 4.74 Å². The van der Waals surface area contributed by atoms with Gasteiger partial charge in [0.2, 0.25) is 0 Å². The molecule has 0 spiro atoms. The van der Waals surface area contributed by atoms with Gasteiger partial charge in [0, 0.05) is 6.07 Å². The highest BCUT2D eigenvalue weighted by Gasteiger charge is 2.27. The van der Waals surface area contributed by atoms with E-state index in [4.69, 9.17) is 9.84 Å². The Balaban J connectivity index is 2.78. The molecular formula is C14H19NO5. The van der Waals surface area contributed by atoms with Crippen LogP contribution in [0.25, 0.3) is 0 Å². The SMILES string of the molecule is CCc1ccc(OCCC(C)(C)C(=O)O)c([N+](=O)[O-])c1. The van der Waals surface area contributed by atoms with Gasteiger partial charge in [0.25, 0.3) is 0 Å². The van der Waals surface area contributed by atoms with Crippen LogP contribution in [-0.2, 0) is 11.2 Å². The number of benzene rings is 1. The van der Waals surface area contributed by atoms with Crippen molar-refractivity contribution in [1.82, 2.24) is 0 Å². The number of ether oxygens (including phenoxy) is 1. The first-order valence-electron chi connectivity index (χ1n) is 6.41. The molecule has 20 heavy (non-hydrogen) atoms. The summed E-state index contributed by atoms with van der Waals surface area (Å²) in [6.07, 6.45) is 0.974. The van der Waals surface area contributed by atoms with Crippen LogP contribution in [-0.4, -0.2) is 22.6 Å². The lowest BCUT2D eigenvalue weighted by Crippen LogP contribution is -2.25. The van der Waals surface area contributed by atoms with E-state index < -0.39 is 16.3 Å². The maximum Gasteiger partial charge on any atom is 0.311 e. The molecule has 0 radical (unpaired) electrons. The van der Waals surface area contributed by atoms with E-state index in [0.717, 1.165) is 5.56 Å². The van der Waals surface area contributed by atoms with E-state index in [1.165, 1.54) is 6.07 Å². The summed E-state index contributed by atoms with van der Waals surface area (Å²) in [7, 11) is 0. The minimum atomic E-state index is -0.920. The summed E-state index contributed by atoms with van der Waals surface area (Å²) in [6.45, 7) is 5.21. The van der Waals surface area contributed by atoms with E-state index in [0.29, 0.717) is 6.42 Å². The zero-order valence-electron chi connectivity index (χ0n) is 11.9. The highest BCUT2D eigenvalue weighted by molar-refractivity contribution is 5.73. The molecule has 1 aromatic rings. The Bertz CT molecular complexity index is 510. The predicted molar refractivity (Wildman–Crippen MR) is 74.0 cm³/mol. The molecule has 0 amide bonds. The fourth-order valence-electron chi connectivity index (χ4n) is 1.57. The number of carboxylic acid groups (broad SMARTS) is 1. The third-order valence-electron chi connectivity index (χ3n) is 3.19. The summed E-state index contributed by atoms with van der Waals surface area (Å²) in [6, 6.07) is 4.81. The number of nitrogens with zero attached hydrogens (tertiary/aromatic N) is 1. The second-order valence-electron chi connectivity index (χ2n) is 5.20. The normalized spacial score (nSPS) is 11.2. The van der Waals surface area contributed by atoms with E-state index in [-0.39, 0.29) is 24.5 Å². The molecule has 0 unspecified atom stereocenters. The number of aliphatic carboxylic acids is 1. The summed E-state index contributed by atoms with van der Waals surface area (Å²) in [5.74, 6) is -0.745. The predicted octanol–water partition coefficient (Wildman–Crippen LogP) is 3.04. The summed E-state index contributed by atoms with van der Waals surface area (Å²) < 4.78 is 5.38. The van der Waals surface area contributed by atoms with Gasteiger partial charge in [0.15, 0.2) is 5.75 Å². The Morgan fingerprint density at radius 3 is 2.60 bits per heavy atom. The van der Waals surface area contributed by atoms with Gasteiger partial charge in [-0.25, -0.2) is 0 Å². The highest BCUT2D eigenvalue weighted by Crippen LogP contribution is 2.29. The zero-order valence-corrected chi connectivity index (χ0v) is 11.9. The van der Waals surface area contributed by atoms with Gasteiger partial charge in [-0.2, -0.15) is 0 Å². The van der Waals surface area contributed by atoms with Gasteiger partial charge in [-0.05, 0) is 38.3 Å². The quantitative estimate of drug-likeness (QED) is 0.612. The van der Waals surface area contributed by atoms with Crippen LogP contribution in [0.2, 0.25) is 0 Å². The Hall–Kier alpha value is -2.11. The van der Waals surface area contributed by atoms with Crippen molar-refractivity contribution in [3.63, 3.8) is 0 Å². The van der Waals surface area contributed by atoms with Crippen LogP contribution in [0.3, 0.4) is 0 Å². The van der Waals surface area contributed by atoms with Gasteiger partial charge in [-0.1, -0.05) is 13.0 Å². The van der Waals surface area contributed by atoms with Crippen LogP contribution in [0.5, 0.6) is 5.75 Å². The molecule has 1 aromatic carbocycles. The van der Waals surface area contributed by atoms with Crippen LogP contribution in [0.1, 0.15) is 32.8 Å². The number of hydrogen-bond donors (Lipinski definition) is 1. The molecule has 0 atom stereocenters. The maximum absolute atomic E-state index is 11.0. The molecule has 0 heterocycles. The lowest BCUT2D eigenvalue weighted by atomic mass is 9.90. The number of carbonyl (C=O) groups is 1. The average Bonchev–Trinajstić information content (AvgIpc) is 2.38. The number of rotatable bonds is 7. The molecule has 0 aliphatic rings. The number of hydrogen-bond acceptors (Lipinski definition) is 4. The van der Waals surface area contributed by atoms with Gasteiger partial charge in [-0.15, -0.1) is 0 Å². The van der Waals surface area contributed by atoms with E-state index in [1.54, 1.807) is 26.0 Å². The molecule has 0 aliphatic carbocycles. The Labute approximate surface area is 117 Å². The molecule has 0 saturated heterocycles. The number of nitro benzene ring substituents is 1. The molecular weight excluding hydrogens is 262 g/mol. The second-order valence-corrected chi connectivity index (χ2v) is 5.20. The van der Waals surface area contributed by atoms with Crippen molar-refractivity contribution in [3.05, 3.63) is 33.9 Å². The van der Waals surface area contributed by atoms with Crippen LogP contribution in [0, 0.1) is 15.5 Å². The van der Waals surface area contributed by atoms with Crippen molar-refractivity contribution in [3.8, 4) is 5.75 Å². The monoisotopic (exact) mass is 281 g/mol. The number of aryl methyl sites for hydroxylation is 1. The second kappa shape index (κ2) is 6.36. The molecule has 1 rings (SSSR count). The Kier molecular flexibility index (Phi) is 5.07. The van der Waals surface area contributed by atoms with Crippen molar-refractivity contribution in [1.29, 1.82) is 0 Å². The highest BCUT2D eigenvalue weighted by atomic mass is 16.6. The number of nitro groups is 1. The molecule has 0 aromatic heterocycles. The smallest absolute Gasteiger partial charge is 0.311 e. The first kappa shape index (κ1) is 15.9. The van der Waals surface area contributed by atoms with Gasteiger partial charge < -0.3 is 9.84 Å². The molecule has 0 fully saturated rings. The molecule has 110 valence electrons. The standard InChI is InChI=1S/C14H19NO5/c1-4-10-5-6-12(11(9-10)15(18)19)20-8-7-14(2,3)13(16)17/h5-6,9H,4,7-8H2,1-3H3,(H,16,17). The van der Waals surface area contributed by atoms with E-state index in [1.807, 2.05) is 6.92 Å². The topological polar surface area (TPSA) is 89.7 Å². The molecule has 1 N–H and O–H groups in total. The lowest BCUT2D eigenvalue weighted by Gasteiger charge is -2.18. The third-order valence-corrected chi connectivity index (χ3v) is 3.19. The zero-order chi connectivity index (χ0) is 15.3. The van der Waals surface area contributed by atoms with Gasteiger partial charge in [0.1, 0.15) is 0 Å². The fourth-order valence-corrected chi connectivity index (χ4v) is 1.57. The van der Waals surface area contributed by atoms with Crippen molar-refractivity contribution < 1.29 is 19.6 Å². The minimum Gasteiger partial charge on any atom is -0.487 e. The fraction of sp³-hybridized carbons (Fsp3) is 0.500. The van der Waals surface area contributed by atoms with E-state index in [9.17, 15) is 14.9 Å². The summed E-state index contributed by atoms with van der Waals surface area (Å²) >= 11 is 0. The van der Waals surface area contributed by atoms with Crippen LogP contribution in [0.15, 0.2) is 18.2 Å². The third kappa shape index (κ3) is 3.94. The molecule has 0 bridgehead atoms. The molecule has 6 nitrogen and oxygen atoms in total. The molecule has 6 heteroatoms. The van der Waals surface area contributed by atoms with Gasteiger partial charge in [-0.3, -0.25) is 14.9 Å². The van der Waals surface area contributed by atoms with Crippen molar-refractivity contribution >= 4 is 11.7 Å². The minimum absolute atomic E-state index is 0.0857. The number of carboxylic acids is 1. The van der Waals surface area contributed by atoms with E-state index in [2.05, 4.69) is 0 Å². The summed E-state index contributed by atoms with van der Waals surface area (Å²) in [5, 5.41) is 20.0. The molecule has 0 saturated carbocycles. The summed E-state index contributed by atoms with van der Waals surface area (Å²) in [4.78, 5) is 21.5. The van der Waals surface area contributed by atoms with Crippen molar-refractivity contribution in [2.45, 2.75) is 33.6 Å². The Morgan fingerprint density at radius 2 is 2.10 bits per heavy atom. The van der Waals surface area contributed by atoms with Gasteiger partial charge in [0.05, 0.1) is 16.9 Å². The molecule has 0 aliphatic heterocycles. The summed E-state index contributed by atoms with van der Waals surface area (Å²) in [5.41, 5.74) is -0.148. The van der Waals surface area contributed by atoms with Gasteiger partial charge >= 0.3 is 11.7 Å². The van der Waals surface area contributed by atoms with Crippen LogP contribution >= 0.6 is 0 Å². The average molecular weight is 281 g/mol. The van der Waals surface area contributed by atoms with Crippen molar-refractivity contribution in [2.75, 3.05) is 6.61 Å². The first-order valence-corrected chi connectivity index (χ1v) is 6.41. The Morgan fingerprint density at radius 1 is 1.45 bits per heavy atom.